The molecule has 3 aromatic rings. The number of rotatable bonds is 5. The predicted octanol–water partition coefficient (Wildman–Crippen LogP) is 4.53. The highest BCUT2D eigenvalue weighted by atomic mass is 32.1. The van der Waals surface area contributed by atoms with Gasteiger partial charge in [0, 0.05) is 22.3 Å². The normalized spacial score (nSPS) is 17.0. The molecule has 1 saturated heterocycles. The molecule has 6 heteroatoms. The lowest BCUT2D eigenvalue weighted by molar-refractivity contribution is 0.0625. The monoisotopic (exact) mass is 385 g/mol. The molecule has 1 aliphatic heterocycles. The quantitative estimate of drug-likeness (QED) is 0.702. The van der Waals surface area contributed by atoms with Gasteiger partial charge in [-0.05, 0) is 37.1 Å². The summed E-state index contributed by atoms with van der Waals surface area (Å²) in [4.78, 5) is 13.4. The van der Waals surface area contributed by atoms with Crippen molar-refractivity contribution >= 4 is 27.3 Å². The number of hydrogen-bond donors (Lipinski definition) is 1. The van der Waals surface area contributed by atoms with Gasteiger partial charge >= 0.3 is 0 Å². The largest absolute Gasteiger partial charge is 0.489 e. The van der Waals surface area contributed by atoms with E-state index in [0.29, 0.717) is 28.2 Å². The van der Waals surface area contributed by atoms with Crippen LogP contribution in [0.1, 0.15) is 28.1 Å². The van der Waals surface area contributed by atoms with Crippen LogP contribution in [0.5, 0.6) is 5.75 Å². The molecule has 1 aliphatic rings. The second-order valence-corrected chi connectivity index (χ2v) is 7.56. The van der Waals surface area contributed by atoms with Gasteiger partial charge in [-0.15, -0.1) is 11.3 Å². The molecule has 1 unspecified atom stereocenters. The minimum Gasteiger partial charge on any atom is -0.489 e. The molecule has 0 bridgehead atoms. The maximum atomic E-state index is 14.5. The molecule has 4 nitrogen and oxygen atoms in total. The number of carbonyl (C=O) groups is 1. The number of carbonyl (C=O) groups excluding carboxylic acids is 1. The maximum Gasteiger partial charge on any atom is 0.262 e. The van der Waals surface area contributed by atoms with E-state index in [1.165, 1.54) is 17.4 Å². The van der Waals surface area contributed by atoms with Gasteiger partial charge in [-0.3, -0.25) is 4.79 Å². The van der Waals surface area contributed by atoms with Crippen molar-refractivity contribution in [3.8, 4) is 5.75 Å². The van der Waals surface area contributed by atoms with Crippen molar-refractivity contribution in [1.82, 2.24) is 5.32 Å². The van der Waals surface area contributed by atoms with Crippen molar-refractivity contribution in [3.63, 3.8) is 0 Å². The van der Waals surface area contributed by atoms with Crippen LogP contribution in [0.2, 0.25) is 0 Å². The smallest absolute Gasteiger partial charge is 0.262 e. The van der Waals surface area contributed by atoms with Crippen LogP contribution in [0.3, 0.4) is 0 Å². The molecular formula is C21H20FNO3S. The Hall–Kier alpha value is -2.44. The van der Waals surface area contributed by atoms with Crippen LogP contribution in [0.4, 0.5) is 4.39 Å². The van der Waals surface area contributed by atoms with Crippen LogP contribution < -0.4 is 10.1 Å². The lowest BCUT2D eigenvalue weighted by Crippen LogP contribution is -2.40. The molecule has 0 aliphatic carbocycles. The van der Waals surface area contributed by atoms with Crippen molar-refractivity contribution in [2.45, 2.75) is 25.5 Å². The first kappa shape index (κ1) is 17.9. The number of nitrogens with one attached hydrogen (secondary N) is 1. The lowest BCUT2D eigenvalue weighted by Gasteiger charge is -2.23. The van der Waals surface area contributed by atoms with Crippen LogP contribution in [-0.4, -0.2) is 25.2 Å². The number of amides is 1. The van der Waals surface area contributed by atoms with E-state index in [1.807, 2.05) is 36.4 Å². The van der Waals surface area contributed by atoms with Crippen molar-refractivity contribution in [1.29, 1.82) is 0 Å². The molecule has 27 heavy (non-hydrogen) atoms. The highest BCUT2D eigenvalue weighted by Crippen LogP contribution is 2.34. The van der Waals surface area contributed by atoms with Gasteiger partial charge in [0.25, 0.3) is 5.91 Å². The summed E-state index contributed by atoms with van der Waals surface area (Å²) < 4.78 is 26.5. The zero-order valence-electron chi connectivity index (χ0n) is 14.7. The first-order valence-corrected chi connectivity index (χ1v) is 9.80. The van der Waals surface area contributed by atoms with Crippen molar-refractivity contribution < 1.29 is 18.7 Å². The summed E-state index contributed by atoms with van der Waals surface area (Å²) in [6.07, 6.45) is 1.82. The third-order valence-electron chi connectivity index (χ3n) is 4.59. The van der Waals surface area contributed by atoms with Crippen molar-refractivity contribution in [2.75, 3.05) is 13.2 Å². The van der Waals surface area contributed by atoms with E-state index in [2.05, 4.69) is 5.32 Å². The van der Waals surface area contributed by atoms with Crippen molar-refractivity contribution in [2.24, 2.45) is 0 Å². The second kappa shape index (κ2) is 8.06. The van der Waals surface area contributed by atoms with E-state index in [0.717, 1.165) is 24.1 Å². The van der Waals surface area contributed by atoms with E-state index in [1.54, 1.807) is 6.07 Å². The summed E-state index contributed by atoms with van der Waals surface area (Å²) in [6.45, 7) is 1.38. The van der Waals surface area contributed by atoms with Gasteiger partial charge in [-0.2, -0.15) is 0 Å². The number of halogens is 1. The average Bonchev–Trinajstić information content (AvgIpc) is 3.08. The Labute approximate surface area is 160 Å². The summed E-state index contributed by atoms with van der Waals surface area (Å²) in [5, 5.41) is 3.48. The number of para-hydroxylation sites is 1. The van der Waals surface area contributed by atoms with Crippen molar-refractivity contribution in [3.05, 3.63) is 64.8 Å². The van der Waals surface area contributed by atoms with Gasteiger partial charge in [0.1, 0.15) is 18.2 Å². The number of thiophene rings is 1. The molecule has 0 radical (unpaired) electrons. The van der Waals surface area contributed by atoms with Crippen LogP contribution >= 0.6 is 11.3 Å². The molecule has 0 spiro atoms. The Bertz CT molecular complexity index is 935. The number of fused-ring (bicyclic) bond motifs is 1. The molecule has 4 rings (SSSR count). The summed E-state index contributed by atoms with van der Waals surface area (Å²) in [6, 6.07) is 14.2. The van der Waals surface area contributed by atoms with Crippen LogP contribution in [0.15, 0.2) is 48.5 Å². The third-order valence-corrected chi connectivity index (χ3v) is 5.79. The number of ether oxygens (including phenoxy) is 2. The molecule has 140 valence electrons. The van der Waals surface area contributed by atoms with Crippen LogP contribution in [0, 0.1) is 5.82 Å². The topological polar surface area (TPSA) is 47.6 Å². The van der Waals surface area contributed by atoms with Gasteiger partial charge in [0.2, 0.25) is 0 Å². The minimum absolute atomic E-state index is 0.01000. The van der Waals surface area contributed by atoms with Gasteiger partial charge in [0.15, 0.2) is 0 Å². The maximum absolute atomic E-state index is 14.5. The molecular weight excluding hydrogens is 365 g/mol. The fraction of sp³-hybridized carbons (Fsp3) is 0.286. The first-order chi connectivity index (χ1) is 13.2. The van der Waals surface area contributed by atoms with Crippen LogP contribution in [0.25, 0.3) is 10.1 Å². The standard InChI is InChI=1S/C21H20FNO3S/c22-17-9-4-10-18-19(17)16(13-26-15-7-2-1-3-8-15)20(27-18)21(24)23-14-6-5-11-25-12-14/h1-4,7-10,14H,5-6,11-13H2,(H,23,24). The fourth-order valence-corrected chi connectivity index (χ4v) is 4.39. The minimum atomic E-state index is -0.338. The first-order valence-electron chi connectivity index (χ1n) is 8.98. The fourth-order valence-electron chi connectivity index (χ4n) is 3.27. The molecule has 2 aromatic carbocycles. The molecule has 0 saturated carbocycles. The Kier molecular flexibility index (Phi) is 5.36. The molecule has 1 fully saturated rings. The lowest BCUT2D eigenvalue weighted by atomic mass is 10.1. The second-order valence-electron chi connectivity index (χ2n) is 6.51. The van der Waals surface area contributed by atoms with E-state index in [4.69, 9.17) is 9.47 Å². The summed E-state index contributed by atoms with van der Waals surface area (Å²) >= 11 is 1.30. The molecule has 1 N–H and O–H groups in total. The zero-order valence-corrected chi connectivity index (χ0v) is 15.6. The average molecular weight is 385 g/mol. The molecule has 1 aromatic heterocycles. The zero-order chi connectivity index (χ0) is 18.6. The molecule has 2 heterocycles. The molecule has 1 atom stereocenters. The Balaban J connectivity index is 1.64. The van der Waals surface area contributed by atoms with E-state index in [-0.39, 0.29) is 24.4 Å². The highest BCUT2D eigenvalue weighted by Gasteiger charge is 2.24. The highest BCUT2D eigenvalue weighted by molar-refractivity contribution is 7.21. The van der Waals surface area contributed by atoms with Gasteiger partial charge in [-0.25, -0.2) is 4.39 Å². The van der Waals surface area contributed by atoms with Gasteiger partial charge in [0.05, 0.1) is 17.5 Å². The summed E-state index contributed by atoms with van der Waals surface area (Å²) in [5.74, 6) is 0.147. The van der Waals surface area contributed by atoms with Gasteiger partial charge < -0.3 is 14.8 Å². The summed E-state index contributed by atoms with van der Waals surface area (Å²) in [5.41, 5.74) is 0.589. The van der Waals surface area contributed by atoms with E-state index in [9.17, 15) is 9.18 Å². The Morgan fingerprint density at radius 2 is 2.07 bits per heavy atom. The molecule has 1 amide bonds. The van der Waals surface area contributed by atoms with Gasteiger partial charge in [-0.1, -0.05) is 24.3 Å². The summed E-state index contributed by atoms with van der Waals surface area (Å²) in [7, 11) is 0. The predicted molar refractivity (Wildman–Crippen MR) is 104 cm³/mol. The van der Waals surface area contributed by atoms with Crippen LogP contribution in [-0.2, 0) is 11.3 Å². The number of hydrogen-bond acceptors (Lipinski definition) is 4. The van der Waals surface area contributed by atoms with E-state index < -0.39 is 0 Å². The Morgan fingerprint density at radius 3 is 2.85 bits per heavy atom. The SMILES string of the molecule is O=C(NC1CCCOC1)c1sc2cccc(F)c2c1COc1ccccc1. The number of benzene rings is 2. The van der Waals surface area contributed by atoms with E-state index >= 15 is 0 Å². The third kappa shape index (κ3) is 3.96. The Morgan fingerprint density at radius 1 is 1.22 bits per heavy atom.